The van der Waals surface area contributed by atoms with Crippen molar-refractivity contribution in [2.24, 2.45) is 0 Å². The van der Waals surface area contributed by atoms with Crippen molar-refractivity contribution in [1.82, 2.24) is 29.9 Å². The van der Waals surface area contributed by atoms with Crippen LogP contribution in [-0.2, 0) is 0 Å². The summed E-state index contributed by atoms with van der Waals surface area (Å²) >= 11 is 0. The van der Waals surface area contributed by atoms with Gasteiger partial charge >= 0.3 is 6.03 Å². The number of aromatic amines is 1. The molecular formula is C17H19N7O. The maximum absolute atomic E-state index is 12.7. The number of carbonyl (C=O) groups is 1. The molecule has 0 aliphatic carbocycles. The third-order valence-corrected chi connectivity index (χ3v) is 4.36. The van der Waals surface area contributed by atoms with Crippen LogP contribution < -0.4 is 5.32 Å². The quantitative estimate of drug-likeness (QED) is 0.769. The van der Waals surface area contributed by atoms with E-state index in [1.54, 1.807) is 15.6 Å². The summed E-state index contributed by atoms with van der Waals surface area (Å²) in [5.41, 5.74) is 0.945. The number of piperidine rings is 1. The van der Waals surface area contributed by atoms with Crippen molar-refractivity contribution in [2.75, 3.05) is 11.9 Å². The normalized spacial score (nSPS) is 17.4. The van der Waals surface area contributed by atoms with Gasteiger partial charge in [-0.1, -0.05) is 18.2 Å². The number of amides is 2. The van der Waals surface area contributed by atoms with Crippen LogP contribution in [0.25, 0.3) is 5.69 Å². The van der Waals surface area contributed by atoms with Gasteiger partial charge in [-0.25, -0.2) is 14.5 Å². The number of nitrogens with one attached hydrogen (secondary N) is 2. The minimum absolute atomic E-state index is 0.0764. The van der Waals surface area contributed by atoms with E-state index >= 15 is 0 Å². The SMILES string of the molecule is O=C(Nc1ccn(-c2ccccc2)n1)N1CCCC[C@@H]1c1ncn[nH]1. The first kappa shape index (κ1) is 15.4. The lowest BCUT2D eigenvalue weighted by Crippen LogP contribution is -2.41. The van der Waals surface area contributed by atoms with E-state index in [2.05, 4.69) is 25.6 Å². The highest BCUT2D eigenvalue weighted by molar-refractivity contribution is 5.88. The fourth-order valence-electron chi connectivity index (χ4n) is 3.13. The van der Waals surface area contributed by atoms with E-state index < -0.39 is 0 Å². The molecule has 4 rings (SSSR count). The number of nitrogens with zero attached hydrogens (tertiary/aromatic N) is 5. The van der Waals surface area contributed by atoms with Crippen molar-refractivity contribution in [1.29, 1.82) is 0 Å². The van der Waals surface area contributed by atoms with Crippen molar-refractivity contribution < 1.29 is 4.79 Å². The fourth-order valence-corrected chi connectivity index (χ4v) is 3.13. The van der Waals surface area contributed by atoms with Crippen LogP contribution in [0.2, 0.25) is 0 Å². The Balaban J connectivity index is 1.48. The molecule has 1 fully saturated rings. The molecule has 0 spiro atoms. The second-order valence-corrected chi connectivity index (χ2v) is 5.99. The predicted octanol–water partition coefficient (Wildman–Crippen LogP) is 2.75. The van der Waals surface area contributed by atoms with Crippen molar-refractivity contribution in [3.05, 3.63) is 54.7 Å². The summed E-state index contributed by atoms with van der Waals surface area (Å²) < 4.78 is 1.74. The largest absolute Gasteiger partial charge is 0.323 e. The van der Waals surface area contributed by atoms with Crippen LogP contribution in [-0.4, -0.2) is 42.4 Å². The van der Waals surface area contributed by atoms with Crippen molar-refractivity contribution in [3.8, 4) is 5.69 Å². The second-order valence-electron chi connectivity index (χ2n) is 5.99. The minimum atomic E-state index is -0.167. The number of likely N-dealkylation sites (tertiary alicyclic amines) is 1. The van der Waals surface area contributed by atoms with E-state index in [0.717, 1.165) is 30.8 Å². The van der Waals surface area contributed by atoms with Gasteiger partial charge in [0.25, 0.3) is 0 Å². The molecule has 25 heavy (non-hydrogen) atoms. The molecule has 3 heterocycles. The standard InChI is InChI=1S/C17H19N7O/c25-17(23-10-5-4-8-14(23)16-18-12-19-21-16)20-15-9-11-24(22-15)13-6-2-1-3-7-13/h1-3,6-7,9,11-12,14H,4-5,8,10H2,(H,18,19,21)(H,20,22,25)/t14-/m1/s1. The third-order valence-electron chi connectivity index (χ3n) is 4.36. The molecule has 8 heteroatoms. The highest BCUT2D eigenvalue weighted by Crippen LogP contribution is 2.29. The fraction of sp³-hybridized carbons (Fsp3) is 0.294. The molecule has 1 aliphatic rings. The molecule has 128 valence electrons. The van der Waals surface area contributed by atoms with Gasteiger partial charge < -0.3 is 4.90 Å². The first-order valence-electron chi connectivity index (χ1n) is 8.35. The molecule has 8 nitrogen and oxygen atoms in total. The van der Waals surface area contributed by atoms with Gasteiger partial charge in [0.05, 0.1) is 11.7 Å². The molecule has 2 aromatic heterocycles. The lowest BCUT2D eigenvalue weighted by Gasteiger charge is -2.33. The number of hydrogen-bond acceptors (Lipinski definition) is 4. The number of rotatable bonds is 3. The Bertz CT molecular complexity index is 828. The topological polar surface area (TPSA) is 91.7 Å². The van der Waals surface area contributed by atoms with Gasteiger partial charge in [-0.2, -0.15) is 5.10 Å². The highest BCUT2D eigenvalue weighted by Gasteiger charge is 2.30. The lowest BCUT2D eigenvalue weighted by molar-refractivity contribution is 0.159. The maximum atomic E-state index is 12.7. The Morgan fingerprint density at radius 1 is 1.20 bits per heavy atom. The molecule has 1 aliphatic heterocycles. The molecule has 2 N–H and O–H groups in total. The summed E-state index contributed by atoms with van der Waals surface area (Å²) in [7, 11) is 0. The van der Waals surface area contributed by atoms with Gasteiger partial charge in [-0.3, -0.25) is 10.4 Å². The van der Waals surface area contributed by atoms with Crippen LogP contribution in [0.4, 0.5) is 10.6 Å². The number of H-pyrrole nitrogens is 1. The van der Waals surface area contributed by atoms with E-state index in [9.17, 15) is 4.79 Å². The Morgan fingerprint density at radius 2 is 2.08 bits per heavy atom. The monoisotopic (exact) mass is 337 g/mol. The summed E-state index contributed by atoms with van der Waals surface area (Å²) in [5.74, 6) is 1.25. The van der Waals surface area contributed by atoms with Crippen molar-refractivity contribution in [2.45, 2.75) is 25.3 Å². The second kappa shape index (κ2) is 6.76. The number of hydrogen-bond donors (Lipinski definition) is 2. The number of para-hydroxylation sites is 1. The van der Waals surface area contributed by atoms with E-state index in [1.165, 1.54) is 6.33 Å². The summed E-state index contributed by atoms with van der Waals surface area (Å²) in [6.07, 6.45) is 6.23. The van der Waals surface area contributed by atoms with Crippen LogP contribution in [0.1, 0.15) is 31.1 Å². The van der Waals surface area contributed by atoms with E-state index in [-0.39, 0.29) is 12.1 Å². The smallest absolute Gasteiger partial charge is 0.314 e. The molecule has 2 amide bonds. The molecule has 1 atom stereocenters. The molecule has 0 bridgehead atoms. The van der Waals surface area contributed by atoms with Gasteiger partial charge in [0.2, 0.25) is 0 Å². The summed E-state index contributed by atoms with van der Waals surface area (Å²) in [6.45, 7) is 0.691. The Kier molecular flexibility index (Phi) is 4.16. The minimum Gasteiger partial charge on any atom is -0.314 e. The Labute approximate surface area is 144 Å². The number of aromatic nitrogens is 5. The van der Waals surface area contributed by atoms with E-state index in [0.29, 0.717) is 12.4 Å². The third kappa shape index (κ3) is 3.23. The molecular weight excluding hydrogens is 318 g/mol. The maximum Gasteiger partial charge on any atom is 0.323 e. The van der Waals surface area contributed by atoms with Crippen LogP contribution in [0.15, 0.2) is 48.9 Å². The van der Waals surface area contributed by atoms with Crippen LogP contribution in [0.3, 0.4) is 0 Å². The van der Waals surface area contributed by atoms with Crippen LogP contribution >= 0.6 is 0 Å². The van der Waals surface area contributed by atoms with Gasteiger partial charge in [0, 0.05) is 18.8 Å². The van der Waals surface area contributed by atoms with Crippen LogP contribution in [0, 0.1) is 0 Å². The van der Waals surface area contributed by atoms with Gasteiger partial charge in [-0.15, -0.1) is 5.10 Å². The van der Waals surface area contributed by atoms with Gasteiger partial charge in [0.15, 0.2) is 5.82 Å². The van der Waals surface area contributed by atoms with Gasteiger partial charge in [0.1, 0.15) is 12.2 Å². The van der Waals surface area contributed by atoms with Crippen LogP contribution in [0.5, 0.6) is 0 Å². The first-order chi connectivity index (χ1) is 12.3. The lowest BCUT2D eigenvalue weighted by atomic mass is 10.0. The number of carbonyl (C=O) groups excluding carboxylic acids is 1. The molecule has 1 aromatic carbocycles. The average molecular weight is 337 g/mol. The van der Waals surface area contributed by atoms with Gasteiger partial charge in [-0.05, 0) is 31.4 Å². The molecule has 0 unspecified atom stereocenters. The molecule has 0 radical (unpaired) electrons. The van der Waals surface area contributed by atoms with Crippen molar-refractivity contribution in [3.63, 3.8) is 0 Å². The molecule has 3 aromatic rings. The zero-order valence-corrected chi connectivity index (χ0v) is 13.7. The van der Waals surface area contributed by atoms with E-state index in [1.807, 2.05) is 36.5 Å². The van der Waals surface area contributed by atoms with Crippen molar-refractivity contribution >= 4 is 11.8 Å². The van der Waals surface area contributed by atoms with E-state index in [4.69, 9.17) is 0 Å². The number of urea groups is 1. The summed E-state index contributed by atoms with van der Waals surface area (Å²) in [5, 5.41) is 14.1. The first-order valence-corrected chi connectivity index (χ1v) is 8.35. The Morgan fingerprint density at radius 3 is 2.88 bits per heavy atom. The molecule has 0 saturated carbocycles. The Hall–Kier alpha value is -3.16. The number of anilines is 1. The predicted molar refractivity (Wildman–Crippen MR) is 92.3 cm³/mol. The number of benzene rings is 1. The summed E-state index contributed by atoms with van der Waals surface area (Å²) in [4.78, 5) is 18.7. The zero-order chi connectivity index (χ0) is 17.1. The zero-order valence-electron chi connectivity index (χ0n) is 13.7. The summed E-state index contributed by atoms with van der Waals surface area (Å²) in [6, 6.07) is 11.3. The molecule has 1 saturated heterocycles. The average Bonchev–Trinajstić information content (AvgIpc) is 3.34. The highest BCUT2D eigenvalue weighted by atomic mass is 16.2.